The van der Waals surface area contributed by atoms with Crippen LogP contribution in [0.1, 0.15) is 98.3 Å². The molecule has 0 amide bonds. The number of hydrogen-bond donors (Lipinski definition) is 2. The summed E-state index contributed by atoms with van der Waals surface area (Å²) in [6, 6.07) is 0. The molecule has 8 nitrogen and oxygen atoms in total. The highest BCUT2D eigenvalue weighted by atomic mass is 32.3. The van der Waals surface area contributed by atoms with Crippen LogP contribution >= 0.6 is 0 Å². The van der Waals surface area contributed by atoms with Gasteiger partial charge in [0.25, 0.3) is 0 Å². The SMILES string of the molecule is C=C(CCC(COS(=O)(=O)O)C1CCC2C3CCC4CC(OS(=O)(=O)O)CCC4(C)C3CCC12C)C(C)C. The fourth-order valence-corrected chi connectivity index (χ4v) is 10.4. The van der Waals surface area contributed by atoms with Crippen LogP contribution in [0.5, 0.6) is 0 Å². The van der Waals surface area contributed by atoms with Crippen molar-refractivity contribution < 1.29 is 34.3 Å². The van der Waals surface area contributed by atoms with E-state index in [2.05, 4.69) is 34.3 Å². The molecule has 0 spiro atoms. The molecule has 38 heavy (non-hydrogen) atoms. The molecule has 0 radical (unpaired) electrons. The Hall–Kier alpha value is -0.520. The van der Waals surface area contributed by atoms with Gasteiger partial charge in [0.05, 0.1) is 12.7 Å². The zero-order valence-electron chi connectivity index (χ0n) is 23.5. The summed E-state index contributed by atoms with van der Waals surface area (Å²) >= 11 is 0. The molecule has 4 saturated carbocycles. The van der Waals surface area contributed by atoms with Gasteiger partial charge in [0.2, 0.25) is 0 Å². The van der Waals surface area contributed by atoms with Crippen molar-refractivity contribution in [3.8, 4) is 0 Å². The largest absolute Gasteiger partial charge is 0.397 e. The lowest BCUT2D eigenvalue weighted by Crippen LogP contribution is -2.54. The lowest BCUT2D eigenvalue weighted by atomic mass is 9.44. The smallest absolute Gasteiger partial charge is 0.264 e. The van der Waals surface area contributed by atoms with Crippen LogP contribution in [0.4, 0.5) is 0 Å². The summed E-state index contributed by atoms with van der Waals surface area (Å²) in [6.45, 7) is 13.3. The van der Waals surface area contributed by atoms with Crippen LogP contribution in [0.15, 0.2) is 12.2 Å². The summed E-state index contributed by atoms with van der Waals surface area (Å²) in [7, 11) is -8.93. The molecule has 0 saturated heterocycles. The van der Waals surface area contributed by atoms with E-state index in [4.69, 9.17) is 8.37 Å². The average molecular weight is 577 g/mol. The molecule has 10 heteroatoms. The van der Waals surface area contributed by atoms with E-state index in [9.17, 15) is 25.9 Å². The van der Waals surface area contributed by atoms with Crippen molar-refractivity contribution in [3.05, 3.63) is 12.2 Å². The lowest BCUT2D eigenvalue weighted by Gasteiger charge is -2.61. The van der Waals surface area contributed by atoms with E-state index in [1.807, 2.05) is 0 Å². The fourth-order valence-electron chi connectivity index (χ4n) is 9.53. The van der Waals surface area contributed by atoms with Crippen molar-refractivity contribution in [2.75, 3.05) is 6.61 Å². The molecule has 9 atom stereocenters. The number of rotatable bonds is 10. The van der Waals surface area contributed by atoms with Gasteiger partial charge in [-0.3, -0.25) is 9.11 Å². The van der Waals surface area contributed by atoms with Gasteiger partial charge < -0.3 is 0 Å². The molecule has 0 heterocycles. The van der Waals surface area contributed by atoms with E-state index >= 15 is 0 Å². The van der Waals surface area contributed by atoms with E-state index in [0.717, 1.165) is 63.4 Å². The Morgan fingerprint density at radius 2 is 1.58 bits per heavy atom. The fraction of sp³-hybridized carbons (Fsp3) is 0.929. The van der Waals surface area contributed by atoms with Gasteiger partial charge in [-0.2, -0.15) is 16.8 Å². The molecule has 9 unspecified atom stereocenters. The molecular formula is C28H48O8S2. The number of fused-ring (bicyclic) bond motifs is 5. The Balaban J connectivity index is 1.50. The van der Waals surface area contributed by atoms with Gasteiger partial charge >= 0.3 is 20.8 Å². The average Bonchev–Trinajstić information content (AvgIpc) is 3.14. The Morgan fingerprint density at radius 1 is 0.921 bits per heavy atom. The van der Waals surface area contributed by atoms with Crippen molar-refractivity contribution in [1.29, 1.82) is 0 Å². The molecule has 4 aliphatic carbocycles. The summed E-state index contributed by atoms with van der Waals surface area (Å²) in [6.07, 6.45) is 9.98. The van der Waals surface area contributed by atoms with Crippen molar-refractivity contribution in [1.82, 2.24) is 0 Å². The molecule has 2 N–H and O–H groups in total. The van der Waals surface area contributed by atoms with Crippen molar-refractivity contribution in [2.45, 2.75) is 104 Å². The van der Waals surface area contributed by atoms with Crippen LogP contribution in [-0.4, -0.2) is 38.7 Å². The first-order valence-electron chi connectivity index (χ1n) is 14.5. The molecule has 0 aromatic rings. The Morgan fingerprint density at radius 3 is 2.21 bits per heavy atom. The standard InChI is InChI=1S/C28H48O8S2/c1-18(2)19(3)6-7-20(17-35-37(29,30)31)24-10-11-25-23-9-8-21-16-22(36-38(32,33)34)12-14-27(21,4)26(23)13-15-28(24,25)5/h18,20-26H,3,6-17H2,1-2,4-5H3,(H,29,30,31)(H,32,33,34). The monoisotopic (exact) mass is 576 g/mol. The molecule has 0 bridgehead atoms. The van der Waals surface area contributed by atoms with E-state index in [1.54, 1.807) is 0 Å². The van der Waals surface area contributed by atoms with Crippen LogP contribution in [-0.2, 0) is 29.2 Å². The molecule has 4 aliphatic rings. The molecule has 0 aliphatic heterocycles. The summed E-state index contributed by atoms with van der Waals surface area (Å²) in [5.74, 6) is 2.89. The van der Waals surface area contributed by atoms with Crippen molar-refractivity contribution in [2.24, 2.45) is 52.3 Å². The first-order chi connectivity index (χ1) is 17.5. The van der Waals surface area contributed by atoms with E-state index in [-0.39, 0.29) is 23.4 Å². The first kappa shape index (κ1) is 30.4. The molecular weight excluding hydrogens is 528 g/mol. The maximum absolute atomic E-state index is 11.5. The van der Waals surface area contributed by atoms with Gasteiger partial charge in [0.15, 0.2) is 0 Å². The Kier molecular flexibility index (Phi) is 8.85. The number of allylic oxidation sites excluding steroid dienone is 1. The van der Waals surface area contributed by atoms with Crippen LogP contribution in [0.2, 0.25) is 0 Å². The third-order valence-corrected chi connectivity index (χ3v) is 12.6. The van der Waals surface area contributed by atoms with Gasteiger partial charge in [0.1, 0.15) is 0 Å². The maximum Gasteiger partial charge on any atom is 0.397 e. The normalized spacial score (nSPS) is 40.3. The van der Waals surface area contributed by atoms with Gasteiger partial charge in [-0.1, -0.05) is 39.8 Å². The minimum atomic E-state index is -4.50. The van der Waals surface area contributed by atoms with E-state index in [0.29, 0.717) is 48.3 Å². The molecule has 4 rings (SSSR count). The summed E-state index contributed by atoms with van der Waals surface area (Å²) in [5, 5.41) is 0. The zero-order chi connectivity index (χ0) is 28.1. The molecule has 0 aromatic heterocycles. The molecule has 220 valence electrons. The van der Waals surface area contributed by atoms with Gasteiger partial charge in [-0.25, -0.2) is 8.37 Å². The third-order valence-electron chi connectivity index (χ3n) is 11.6. The predicted octanol–water partition coefficient (Wildman–Crippen LogP) is 6.26. The molecule has 4 fully saturated rings. The van der Waals surface area contributed by atoms with Crippen molar-refractivity contribution >= 4 is 20.8 Å². The highest BCUT2D eigenvalue weighted by Gasteiger charge is 2.61. The quantitative estimate of drug-likeness (QED) is 0.230. The maximum atomic E-state index is 11.5. The summed E-state index contributed by atoms with van der Waals surface area (Å²) in [4.78, 5) is 0. The second kappa shape index (κ2) is 11.0. The van der Waals surface area contributed by atoms with Crippen molar-refractivity contribution in [3.63, 3.8) is 0 Å². The van der Waals surface area contributed by atoms with Crippen LogP contribution in [0.3, 0.4) is 0 Å². The van der Waals surface area contributed by atoms with Gasteiger partial charge in [-0.05, 0) is 123 Å². The minimum Gasteiger partial charge on any atom is -0.264 e. The highest BCUT2D eigenvalue weighted by Crippen LogP contribution is 2.68. The second-order valence-corrected chi connectivity index (χ2v) is 15.8. The highest BCUT2D eigenvalue weighted by molar-refractivity contribution is 7.81. The Bertz CT molecular complexity index is 1090. The first-order valence-corrected chi connectivity index (χ1v) is 17.2. The second-order valence-electron chi connectivity index (χ2n) is 13.6. The number of hydrogen-bond acceptors (Lipinski definition) is 6. The van der Waals surface area contributed by atoms with Gasteiger partial charge in [-0.15, -0.1) is 0 Å². The summed E-state index contributed by atoms with van der Waals surface area (Å²) < 4.78 is 74.0. The van der Waals surface area contributed by atoms with Gasteiger partial charge in [0, 0.05) is 0 Å². The lowest BCUT2D eigenvalue weighted by molar-refractivity contribution is -0.128. The predicted molar refractivity (Wildman–Crippen MR) is 146 cm³/mol. The minimum absolute atomic E-state index is 0.0141. The zero-order valence-corrected chi connectivity index (χ0v) is 25.1. The third kappa shape index (κ3) is 6.35. The van der Waals surface area contributed by atoms with E-state index in [1.165, 1.54) is 0 Å². The van der Waals surface area contributed by atoms with Crippen LogP contribution in [0, 0.1) is 52.3 Å². The Labute approximate surface area is 230 Å². The van der Waals surface area contributed by atoms with Crippen LogP contribution in [0.25, 0.3) is 0 Å². The van der Waals surface area contributed by atoms with E-state index < -0.39 is 26.9 Å². The molecule has 0 aromatic carbocycles. The summed E-state index contributed by atoms with van der Waals surface area (Å²) in [5.41, 5.74) is 1.40. The van der Waals surface area contributed by atoms with Crippen LogP contribution < -0.4 is 0 Å². The topological polar surface area (TPSA) is 127 Å².